The minimum atomic E-state index is -3.50. The van der Waals surface area contributed by atoms with E-state index >= 15 is 0 Å². The number of sulfone groups is 1. The highest BCUT2D eigenvalue weighted by Crippen LogP contribution is 2.22. The van der Waals surface area contributed by atoms with Crippen molar-refractivity contribution < 1.29 is 13.2 Å². The molecule has 0 saturated heterocycles. The van der Waals surface area contributed by atoms with Crippen LogP contribution in [0, 0.1) is 0 Å². The van der Waals surface area contributed by atoms with Gasteiger partial charge in [-0.05, 0) is 52.6 Å². The molecule has 3 aromatic rings. The largest absolute Gasteiger partial charge is 0.334 e. The van der Waals surface area contributed by atoms with Crippen LogP contribution in [0.3, 0.4) is 0 Å². The average molecular weight is 420 g/mol. The fraction of sp³-hybridized carbons (Fsp3) is 0.136. The Morgan fingerprint density at radius 1 is 1.03 bits per heavy atom. The molecule has 1 aliphatic heterocycles. The maximum absolute atomic E-state index is 12.8. The number of carbonyl (C=O) groups is 1. The van der Waals surface area contributed by atoms with Crippen molar-refractivity contribution in [2.75, 3.05) is 5.32 Å². The minimum absolute atomic E-state index is 0.0847. The minimum Gasteiger partial charge on any atom is -0.334 e. The van der Waals surface area contributed by atoms with E-state index in [4.69, 9.17) is 0 Å². The Balaban J connectivity index is 1.37. The van der Waals surface area contributed by atoms with Gasteiger partial charge >= 0.3 is 6.03 Å². The third-order valence-electron chi connectivity index (χ3n) is 4.70. The molecule has 2 aromatic carbocycles. The fourth-order valence-corrected chi connectivity index (χ4v) is 4.50. The van der Waals surface area contributed by atoms with Gasteiger partial charge in [-0.15, -0.1) is 0 Å². The second kappa shape index (κ2) is 8.46. The Bertz CT molecular complexity index is 1190. The summed E-state index contributed by atoms with van der Waals surface area (Å²) in [5.74, 6) is -0.0847. The van der Waals surface area contributed by atoms with Crippen molar-refractivity contribution in [1.29, 1.82) is 0 Å². The summed E-state index contributed by atoms with van der Waals surface area (Å²) in [5, 5.41) is 5.42. The molecular formula is C22H20N4O3S. The lowest BCUT2D eigenvalue weighted by molar-refractivity contribution is 0.251. The van der Waals surface area contributed by atoms with Crippen molar-refractivity contribution in [2.24, 2.45) is 4.99 Å². The number of nitrogens with one attached hydrogen (secondary N) is 2. The predicted octanol–water partition coefficient (Wildman–Crippen LogP) is 3.31. The van der Waals surface area contributed by atoms with Crippen LogP contribution in [-0.4, -0.2) is 25.6 Å². The fourth-order valence-electron chi connectivity index (χ4n) is 3.16. The van der Waals surface area contributed by atoms with Crippen LogP contribution in [0.25, 0.3) is 0 Å². The Morgan fingerprint density at radius 2 is 1.87 bits per heavy atom. The number of urea groups is 1. The summed E-state index contributed by atoms with van der Waals surface area (Å²) >= 11 is 0. The molecule has 0 radical (unpaired) electrons. The zero-order chi connectivity index (χ0) is 21.0. The Hall–Kier alpha value is -3.52. The second-order valence-corrected chi connectivity index (χ2v) is 8.94. The van der Waals surface area contributed by atoms with E-state index in [1.807, 2.05) is 24.3 Å². The van der Waals surface area contributed by atoms with Crippen LogP contribution in [0.4, 0.5) is 10.5 Å². The standard InChI is InChI=1S/C22H20N4O3S/c27-22(25-12-17-2-1-9-23-11-17)26-20-5-7-21(8-6-20)30(28,29)15-16-3-4-18-13-24-14-19(18)10-16/h1-11,13H,12,14-15H2,(H2,25,26,27). The molecule has 4 rings (SSSR count). The van der Waals surface area contributed by atoms with Crippen LogP contribution in [0.2, 0.25) is 0 Å². The lowest BCUT2D eigenvalue weighted by atomic mass is 10.1. The number of benzene rings is 2. The molecule has 2 N–H and O–H groups in total. The van der Waals surface area contributed by atoms with E-state index in [0.29, 0.717) is 18.8 Å². The molecule has 0 saturated carbocycles. The van der Waals surface area contributed by atoms with Crippen LogP contribution >= 0.6 is 0 Å². The first kappa shape index (κ1) is 19.8. The summed E-state index contributed by atoms with van der Waals surface area (Å²) in [7, 11) is -3.50. The maximum atomic E-state index is 12.8. The van der Waals surface area contributed by atoms with Crippen molar-refractivity contribution >= 4 is 27.8 Å². The van der Waals surface area contributed by atoms with Crippen molar-refractivity contribution in [1.82, 2.24) is 10.3 Å². The van der Waals surface area contributed by atoms with E-state index in [2.05, 4.69) is 20.6 Å². The molecule has 0 aliphatic carbocycles. The highest BCUT2D eigenvalue weighted by molar-refractivity contribution is 7.90. The van der Waals surface area contributed by atoms with Gasteiger partial charge in [-0.3, -0.25) is 9.98 Å². The number of rotatable bonds is 6. The normalized spacial score (nSPS) is 12.4. The molecule has 0 fully saturated rings. The molecule has 1 aliphatic rings. The smallest absolute Gasteiger partial charge is 0.319 e. The molecule has 30 heavy (non-hydrogen) atoms. The van der Waals surface area contributed by atoms with Crippen molar-refractivity contribution in [2.45, 2.75) is 23.7 Å². The van der Waals surface area contributed by atoms with Crippen molar-refractivity contribution in [3.63, 3.8) is 0 Å². The molecule has 0 bridgehead atoms. The monoisotopic (exact) mass is 420 g/mol. The van der Waals surface area contributed by atoms with Gasteiger partial charge in [0.1, 0.15) is 0 Å². The number of anilines is 1. The Labute approximate surface area is 174 Å². The molecular weight excluding hydrogens is 400 g/mol. The first-order valence-corrected chi connectivity index (χ1v) is 11.0. The molecule has 0 spiro atoms. The summed E-state index contributed by atoms with van der Waals surface area (Å²) in [6, 6.07) is 15.0. The number of amides is 2. The number of aromatic nitrogens is 1. The SMILES string of the molecule is O=C(NCc1cccnc1)Nc1ccc(S(=O)(=O)Cc2ccc3c(c2)CN=C3)cc1. The van der Waals surface area contributed by atoms with Gasteiger partial charge in [0, 0.05) is 30.8 Å². The summed E-state index contributed by atoms with van der Waals surface area (Å²) in [5.41, 5.74) is 4.20. The van der Waals surface area contributed by atoms with Crippen molar-refractivity contribution in [3.8, 4) is 0 Å². The predicted molar refractivity (Wildman–Crippen MR) is 115 cm³/mol. The van der Waals surface area contributed by atoms with Crippen LogP contribution in [0.15, 0.2) is 76.9 Å². The van der Waals surface area contributed by atoms with E-state index in [9.17, 15) is 13.2 Å². The second-order valence-electron chi connectivity index (χ2n) is 6.96. The van der Waals surface area contributed by atoms with E-state index < -0.39 is 9.84 Å². The van der Waals surface area contributed by atoms with Crippen LogP contribution in [-0.2, 0) is 28.7 Å². The summed E-state index contributed by atoms with van der Waals surface area (Å²) < 4.78 is 25.5. The molecule has 152 valence electrons. The number of hydrogen-bond donors (Lipinski definition) is 2. The topological polar surface area (TPSA) is 101 Å². The number of hydrogen-bond acceptors (Lipinski definition) is 5. The number of carbonyl (C=O) groups excluding carboxylic acids is 1. The van der Waals surface area contributed by atoms with Gasteiger partial charge in [0.25, 0.3) is 0 Å². The van der Waals surface area contributed by atoms with Gasteiger partial charge in [0.05, 0.1) is 17.2 Å². The van der Waals surface area contributed by atoms with Gasteiger partial charge in [-0.25, -0.2) is 13.2 Å². The van der Waals surface area contributed by atoms with E-state index in [1.165, 1.54) is 12.1 Å². The van der Waals surface area contributed by atoms with E-state index in [-0.39, 0.29) is 16.7 Å². The summed E-state index contributed by atoms with van der Waals surface area (Å²) in [4.78, 5) is 20.4. The lowest BCUT2D eigenvalue weighted by Crippen LogP contribution is -2.28. The summed E-state index contributed by atoms with van der Waals surface area (Å²) in [6.45, 7) is 0.935. The van der Waals surface area contributed by atoms with Gasteiger partial charge < -0.3 is 10.6 Å². The van der Waals surface area contributed by atoms with E-state index in [0.717, 1.165) is 22.3 Å². The molecule has 8 heteroatoms. The van der Waals surface area contributed by atoms with E-state index in [1.54, 1.807) is 36.8 Å². The van der Waals surface area contributed by atoms with Gasteiger partial charge in [0.15, 0.2) is 9.84 Å². The first-order valence-electron chi connectivity index (χ1n) is 9.38. The zero-order valence-corrected chi connectivity index (χ0v) is 16.9. The number of fused-ring (bicyclic) bond motifs is 1. The van der Waals surface area contributed by atoms with Crippen LogP contribution in [0.1, 0.15) is 22.3 Å². The highest BCUT2D eigenvalue weighted by Gasteiger charge is 2.17. The zero-order valence-electron chi connectivity index (χ0n) is 16.1. The number of nitrogens with zero attached hydrogens (tertiary/aromatic N) is 2. The molecule has 7 nitrogen and oxygen atoms in total. The average Bonchev–Trinajstić information content (AvgIpc) is 3.21. The molecule has 2 amide bonds. The molecule has 0 unspecified atom stereocenters. The number of pyridine rings is 1. The first-order chi connectivity index (χ1) is 14.5. The Morgan fingerprint density at radius 3 is 2.63 bits per heavy atom. The molecule has 1 aromatic heterocycles. The van der Waals surface area contributed by atoms with Crippen LogP contribution < -0.4 is 10.6 Å². The maximum Gasteiger partial charge on any atom is 0.319 e. The number of aliphatic imine (C=N–C) groups is 1. The van der Waals surface area contributed by atoms with Crippen molar-refractivity contribution in [3.05, 3.63) is 89.2 Å². The molecule has 0 atom stereocenters. The third kappa shape index (κ3) is 4.72. The quantitative estimate of drug-likeness (QED) is 0.639. The van der Waals surface area contributed by atoms with Gasteiger partial charge in [-0.1, -0.05) is 24.3 Å². The van der Waals surface area contributed by atoms with Gasteiger partial charge in [-0.2, -0.15) is 0 Å². The van der Waals surface area contributed by atoms with Crippen LogP contribution in [0.5, 0.6) is 0 Å². The third-order valence-corrected chi connectivity index (χ3v) is 6.41. The summed E-state index contributed by atoms with van der Waals surface area (Å²) in [6.07, 6.45) is 5.14. The molecule has 2 heterocycles. The Kier molecular flexibility index (Phi) is 5.58. The van der Waals surface area contributed by atoms with Gasteiger partial charge in [0.2, 0.25) is 0 Å². The lowest BCUT2D eigenvalue weighted by Gasteiger charge is -2.09. The highest BCUT2D eigenvalue weighted by atomic mass is 32.2.